The number of quaternary nitrogens is 1. The number of rotatable bonds is 4. The molecular formula is C13H19ClN3O3S+. The van der Waals surface area contributed by atoms with Crippen LogP contribution in [0, 0.1) is 0 Å². The Balaban J connectivity index is 2.09. The Morgan fingerprint density at radius 3 is 2.52 bits per heavy atom. The molecule has 1 heterocycles. The lowest BCUT2D eigenvalue weighted by Gasteiger charge is -2.33. The molecule has 1 amide bonds. The minimum atomic E-state index is -3.53. The van der Waals surface area contributed by atoms with E-state index in [2.05, 4.69) is 0 Å². The van der Waals surface area contributed by atoms with Crippen LogP contribution >= 0.6 is 11.6 Å². The summed E-state index contributed by atoms with van der Waals surface area (Å²) in [7, 11) is -3.53. The summed E-state index contributed by atoms with van der Waals surface area (Å²) >= 11 is 5.85. The van der Waals surface area contributed by atoms with Crippen LogP contribution in [0.4, 0.5) is 0 Å². The van der Waals surface area contributed by atoms with Gasteiger partial charge in [-0.05, 0) is 25.1 Å². The van der Waals surface area contributed by atoms with Gasteiger partial charge in [-0.1, -0.05) is 17.7 Å². The molecule has 1 saturated heterocycles. The zero-order chi connectivity index (χ0) is 15.6. The first kappa shape index (κ1) is 16.2. The van der Waals surface area contributed by atoms with Gasteiger partial charge in [0.05, 0.1) is 31.1 Å². The van der Waals surface area contributed by atoms with E-state index in [1.54, 1.807) is 19.1 Å². The summed E-state index contributed by atoms with van der Waals surface area (Å²) in [5, 5.41) is 0.391. The lowest BCUT2D eigenvalue weighted by molar-refractivity contribution is -0.917. The molecule has 1 fully saturated rings. The third-order valence-corrected chi connectivity index (χ3v) is 5.97. The smallest absolute Gasteiger partial charge is 0.275 e. The standard InChI is InChI=1S/C13H18ClN3O3S/c1-10(13(15)18)16-5-7-17(8-6-16)21(19,20)12-4-2-3-11(14)9-12/h2-4,9-10H,5-8H2,1H3,(H2,15,18)/p+1/t10-/m0/s1. The van der Waals surface area contributed by atoms with Crippen LogP contribution in [0.2, 0.25) is 5.02 Å². The van der Waals surface area contributed by atoms with E-state index >= 15 is 0 Å². The number of halogens is 1. The van der Waals surface area contributed by atoms with Gasteiger partial charge < -0.3 is 10.6 Å². The molecule has 1 aliphatic rings. The summed E-state index contributed by atoms with van der Waals surface area (Å²) in [6.07, 6.45) is 0. The first-order valence-corrected chi connectivity index (χ1v) is 8.54. The molecule has 0 spiro atoms. The average Bonchev–Trinajstić information content (AvgIpc) is 2.46. The van der Waals surface area contributed by atoms with Gasteiger partial charge in [-0.15, -0.1) is 0 Å². The van der Waals surface area contributed by atoms with E-state index in [0.29, 0.717) is 31.2 Å². The zero-order valence-corrected chi connectivity index (χ0v) is 13.3. The van der Waals surface area contributed by atoms with E-state index in [4.69, 9.17) is 17.3 Å². The number of hydrogen-bond acceptors (Lipinski definition) is 3. The Kier molecular flexibility index (Phi) is 4.88. The molecule has 1 aromatic carbocycles. The van der Waals surface area contributed by atoms with Gasteiger partial charge in [-0.3, -0.25) is 4.79 Å². The van der Waals surface area contributed by atoms with Crippen molar-refractivity contribution in [1.29, 1.82) is 0 Å². The maximum atomic E-state index is 12.5. The predicted molar refractivity (Wildman–Crippen MR) is 79.6 cm³/mol. The molecule has 3 N–H and O–H groups in total. The summed E-state index contributed by atoms with van der Waals surface area (Å²) in [4.78, 5) is 12.4. The van der Waals surface area contributed by atoms with Crippen molar-refractivity contribution < 1.29 is 18.1 Å². The first-order valence-electron chi connectivity index (χ1n) is 6.72. The second kappa shape index (κ2) is 6.31. The van der Waals surface area contributed by atoms with E-state index in [9.17, 15) is 13.2 Å². The molecule has 1 aliphatic heterocycles. The second-order valence-corrected chi connectivity index (χ2v) is 7.52. The minimum absolute atomic E-state index is 0.196. The number of carbonyl (C=O) groups excluding carboxylic acids is 1. The Morgan fingerprint density at radius 2 is 2.00 bits per heavy atom. The van der Waals surface area contributed by atoms with E-state index in [1.807, 2.05) is 0 Å². The maximum Gasteiger partial charge on any atom is 0.275 e. The van der Waals surface area contributed by atoms with E-state index in [-0.39, 0.29) is 16.8 Å². The van der Waals surface area contributed by atoms with Crippen molar-refractivity contribution in [3.63, 3.8) is 0 Å². The number of nitrogens with two attached hydrogens (primary N) is 1. The molecule has 0 aliphatic carbocycles. The minimum Gasteiger partial charge on any atom is -0.365 e. The predicted octanol–water partition coefficient (Wildman–Crippen LogP) is -0.897. The number of carbonyl (C=O) groups is 1. The van der Waals surface area contributed by atoms with Crippen LogP contribution in [0.5, 0.6) is 0 Å². The van der Waals surface area contributed by atoms with Crippen LogP contribution in [0.1, 0.15) is 6.92 Å². The SMILES string of the molecule is C[C@@H](C(N)=O)[NH+]1CCN(S(=O)(=O)c2cccc(Cl)c2)CC1. The van der Waals surface area contributed by atoms with Crippen LogP contribution in [0.3, 0.4) is 0 Å². The molecule has 0 aromatic heterocycles. The summed E-state index contributed by atoms with van der Waals surface area (Å²) in [5.41, 5.74) is 5.29. The monoisotopic (exact) mass is 332 g/mol. The van der Waals surface area contributed by atoms with E-state index < -0.39 is 10.0 Å². The summed E-state index contributed by atoms with van der Waals surface area (Å²) in [6, 6.07) is 5.93. The fraction of sp³-hybridized carbons (Fsp3) is 0.462. The lowest BCUT2D eigenvalue weighted by Crippen LogP contribution is -3.19. The van der Waals surface area contributed by atoms with Gasteiger partial charge in [-0.2, -0.15) is 4.31 Å². The molecule has 116 valence electrons. The highest BCUT2D eigenvalue weighted by Gasteiger charge is 2.33. The maximum absolute atomic E-state index is 12.5. The topological polar surface area (TPSA) is 84.9 Å². The number of amides is 1. The van der Waals surface area contributed by atoms with E-state index in [1.165, 1.54) is 16.4 Å². The normalized spacial score (nSPS) is 19.3. The van der Waals surface area contributed by atoms with Crippen molar-refractivity contribution in [2.24, 2.45) is 5.73 Å². The van der Waals surface area contributed by atoms with Crippen LogP contribution in [-0.4, -0.2) is 50.9 Å². The molecule has 21 heavy (non-hydrogen) atoms. The lowest BCUT2D eigenvalue weighted by atomic mass is 10.2. The fourth-order valence-electron chi connectivity index (χ4n) is 2.42. The van der Waals surface area contributed by atoms with Crippen LogP contribution in [0.25, 0.3) is 0 Å². The highest BCUT2D eigenvalue weighted by Crippen LogP contribution is 2.19. The van der Waals surface area contributed by atoms with Crippen molar-refractivity contribution in [1.82, 2.24) is 4.31 Å². The largest absolute Gasteiger partial charge is 0.365 e. The molecule has 1 aromatic rings. The summed E-state index contributed by atoms with van der Waals surface area (Å²) < 4.78 is 26.5. The number of nitrogens with one attached hydrogen (secondary N) is 1. The quantitative estimate of drug-likeness (QED) is 0.749. The van der Waals surface area contributed by atoms with Crippen molar-refractivity contribution in [2.45, 2.75) is 17.9 Å². The van der Waals surface area contributed by atoms with Crippen LogP contribution < -0.4 is 10.6 Å². The molecule has 0 unspecified atom stereocenters. The average molecular weight is 333 g/mol. The third-order valence-electron chi connectivity index (χ3n) is 3.84. The Hall–Kier alpha value is -1.15. The number of nitrogens with zero attached hydrogens (tertiary/aromatic N) is 1. The molecule has 6 nitrogen and oxygen atoms in total. The number of piperazine rings is 1. The van der Waals surface area contributed by atoms with Crippen molar-refractivity contribution in [3.05, 3.63) is 29.3 Å². The molecule has 8 heteroatoms. The highest BCUT2D eigenvalue weighted by molar-refractivity contribution is 7.89. The number of hydrogen-bond donors (Lipinski definition) is 2. The Morgan fingerprint density at radius 1 is 1.38 bits per heavy atom. The van der Waals surface area contributed by atoms with E-state index in [0.717, 1.165) is 4.90 Å². The van der Waals surface area contributed by atoms with Gasteiger partial charge >= 0.3 is 0 Å². The summed E-state index contributed by atoms with van der Waals surface area (Å²) in [6.45, 7) is 3.61. The number of benzene rings is 1. The number of sulfonamides is 1. The molecule has 0 saturated carbocycles. The van der Waals surface area contributed by atoms with Gasteiger partial charge in [0.1, 0.15) is 0 Å². The fourth-order valence-corrected chi connectivity index (χ4v) is 4.17. The van der Waals surface area contributed by atoms with Crippen molar-refractivity contribution in [3.8, 4) is 0 Å². The van der Waals surface area contributed by atoms with Gasteiger partial charge in [0.15, 0.2) is 6.04 Å². The van der Waals surface area contributed by atoms with Gasteiger partial charge in [0, 0.05) is 5.02 Å². The zero-order valence-electron chi connectivity index (χ0n) is 11.8. The van der Waals surface area contributed by atoms with Crippen molar-refractivity contribution in [2.75, 3.05) is 26.2 Å². The van der Waals surface area contributed by atoms with Gasteiger partial charge in [-0.25, -0.2) is 8.42 Å². The number of primary amides is 1. The van der Waals surface area contributed by atoms with Crippen molar-refractivity contribution >= 4 is 27.5 Å². The Bertz CT molecular complexity index is 627. The second-order valence-electron chi connectivity index (χ2n) is 5.14. The third kappa shape index (κ3) is 3.55. The van der Waals surface area contributed by atoms with Gasteiger partial charge in [0.25, 0.3) is 5.91 Å². The van der Waals surface area contributed by atoms with Crippen LogP contribution in [0.15, 0.2) is 29.2 Å². The highest BCUT2D eigenvalue weighted by atomic mass is 35.5. The van der Waals surface area contributed by atoms with Crippen LogP contribution in [-0.2, 0) is 14.8 Å². The van der Waals surface area contributed by atoms with Gasteiger partial charge in [0.2, 0.25) is 10.0 Å². The molecule has 0 bridgehead atoms. The molecule has 2 rings (SSSR count). The molecule has 1 atom stereocenters. The first-order chi connectivity index (χ1) is 9.82. The molecular weight excluding hydrogens is 314 g/mol. The summed E-state index contributed by atoms with van der Waals surface area (Å²) in [5.74, 6) is -0.365. The molecule has 0 radical (unpaired) electrons. The Labute approximate surface area is 129 Å².